The van der Waals surface area contributed by atoms with Gasteiger partial charge < -0.3 is 0 Å². The van der Waals surface area contributed by atoms with E-state index in [1.165, 1.54) is 0 Å². The lowest BCUT2D eigenvalue weighted by Crippen LogP contribution is -1.82. The van der Waals surface area contributed by atoms with Gasteiger partial charge in [-0.1, -0.05) is 41.4 Å². The van der Waals surface area contributed by atoms with Gasteiger partial charge in [-0.25, -0.2) is 0 Å². The largest absolute Gasteiger partial charge is 0.298 e. The summed E-state index contributed by atoms with van der Waals surface area (Å²) in [6.07, 6.45) is 2.58. The molecule has 0 radical (unpaired) electrons. The number of allylic oxidation sites excluding steroid dienone is 1. The molecule has 0 aromatic heterocycles. The van der Waals surface area contributed by atoms with Crippen LogP contribution in [0.2, 0.25) is 10.0 Å². The van der Waals surface area contributed by atoms with Gasteiger partial charge in [0.2, 0.25) is 0 Å². The van der Waals surface area contributed by atoms with E-state index in [4.69, 9.17) is 23.2 Å². The summed E-state index contributed by atoms with van der Waals surface area (Å²) in [7, 11) is 0. The van der Waals surface area contributed by atoms with Crippen LogP contribution in [0.3, 0.4) is 0 Å². The van der Waals surface area contributed by atoms with Crippen molar-refractivity contribution < 1.29 is 4.79 Å². The third kappa shape index (κ3) is 2.51. The summed E-state index contributed by atoms with van der Waals surface area (Å²) in [6.45, 7) is 1.75. The van der Waals surface area contributed by atoms with Crippen LogP contribution in [0.1, 0.15) is 12.5 Å². The summed E-state index contributed by atoms with van der Waals surface area (Å²) in [6, 6.07) is 9.37. The van der Waals surface area contributed by atoms with Crippen LogP contribution < -0.4 is 0 Å². The highest BCUT2D eigenvalue weighted by molar-refractivity contribution is 6.37. The molecule has 0 heterocycles. The van der Waals surface area contributed by atoms with Crippen molar-refractivity contribution in [1.29, 1.82) is 0 Å². The molecule has 0 unspecified atom stereocenters. The molecule has 3 heteroatoms. The Morgan fingerprint density at radius 1 is 1.18 bits per heavy atom. The van der Waals surface area contributed by atoms with Crippen LogP contribution >= 0.6 is 23.2 Å². The quantitative estimate of drug-likeness (QED) is 0.565. The lowest BCUT2D eigenvalue weighted by atomic mass is 10.1. The molecule has 2 rings (SSSR count). The first-order valence-electron chi connectivity index (χ1n) is 5.13. The molecular weight excluding hydrogens is 255 g/mol. The van der Waals surface area contributed by atoms with Crippen LogP contribution in [0, 0.1) is 0 Å². The van der Waals surface area contributed by atoms with E-state index < -0.39 is 0 Å². The number of aldehydes is 1. The molecule has 0 atom stereocenters. The molecule has 86 valence electrons. The maximum absolute atomic E-state index is 10.6. The van der Waals surface area contributed by atoms with Gasteiger partial charge in [0.15, 0.2) is 0 Å². The molecule has 17 heavy (non-hydrogen) atoms. The fraction of sp³-hybridized carbons (Fsp3) is 0.0714. The molecule has 0 spiro atoms. The second-order valence-corrected chi connectivity index (χ2v) is 4.65. The summed E-state index contributed by atoms with van der Waals surface area (Å²) < 4.78 is 0. The zero-order valence-electron chi connectivity index (χ0n) is 9.21. The minimum Gasteiger partial charge on any atom is -0.298 e. The van der Waals surface area contributed by atoms with Crippen LogP contribution in [-0.2, 0) is 4.79 Å². The van der Waals surface area contributed by atoms with Crippen molar-refractivity contribution in [3.63, 3.8) is 0 Å². The number of hydrogen-bond donors (Lipinski definition) is 0. The molecule has 0 saturated heterocycles. The molecule has 2 aromatic rings. The van der Waals surface area contributed by atoms with Crippen LogP contribution in [0.25, 0.3) is 16.8 Å². The number of rotatable bonds is 2. The Morgan fingerprint density at radius 3 is 2.65 bits per heavy atom. The van der Waals surface area contributed by atoms with E-state index in [1.807, 2.05) is 24.3 Å². The monoisotopic (exact) mass is 264 g/mol. The van der Waals surface area contributed by atoms with Gasteiger partial charge in [-0.2, -0.15) is 0 Å². The molecule has 0 amide bonds. The third-order valence-corrected chi connectivity index (χ3v) is 3.17. The van der Waals surface area contributed by atoms with Gasteiger partial charge in [0.25, 0.3) is 0 Å². The first kappa shape index (κ1) is 12.2. The van der Waals surface area contributed by atoms with Crippen molar-refractivity contribution in [2.75, 3.05) is 0 Å². The first-order chi connectivity index (χ1) is 8.11. The molecule has 0 aliphatic rings. The second kappa shape index (κ2) is 4.91. The van der Waals surface area contributed by atoms with Crippen LogP contribution in [0.15, 0.2) is 35.9 Å². The predicted molar refractivity (Wildman–Crippen MR) is 73.7 cm³/mol. The zero-order chi connectivity index (χ0) is 12.4. The summed E-state index contributed by atoms with van der Waals surface area (Å²) in [5.41, 5.74) is 1.48. The van der Waals surface area contributed by atoms with Gasteiger partial charge in [-0.05, 0) is 41.7 Å². The number of carbonyl (C=O) groups is 1. The van der Waals surface area contributed by atoms with E-state index >= 15 is 0 Å². The minimum absolute atomic E-state index is 0.639. The molecule has 0 bridgehead atoms. The molecule has 2 aromatic carbocycles. The van der Waals surface area contributed by atoms with E-state index in [1.54, 1.807) is 19.1 Å². The molecular formula is C14H10Cl2O. The number of hydrogen-bond acceptors (Lipinski definition) is 1. The Kier molecular flexibility index (Phi) is 3.51. The normalized spacial score (nSPS) is 11.8. The smallest absolute Gasteiger partial charge is 0.145 e. The number of halogens is 2. The number of carbonyl (C=O) groups excluding carboxylic acids is 1. The SMILES string of the molecule is C/C(C=O)=C\c1ccc2cc(Cl)ccc2c1Cl. The van der Waals surface area contributed by atoms with Crippen molar-refractivity contribution in [2.24, 2.45) is 0 Å². The van der Waals surface area contributed by atoms with Gasteiger partial charge in [0.05, 0.1) is 5.02 Å². The topological polar surface area (TPSA) is 17.1 Å². The van der Waals surface area contributed by atoms with E-state index in [2.05, 4.69) is 0 Å². The van der Waals surface area contributed by atoms with Gasteiger partial charge in [0, 0.05) is 10.4 Å². The lowest BCUT2D eigenvalue weighted by molar-refractivity contribution is -0.104. The number of benzene rings is 2. The number of fused-ring (bicyclic) bond motifs is 1. The minimum atomic E-state index is 0.639. The van der Waals surface area contributed by atoms with E-state index in [0.717, 1.165) is 22.6 Å². The Labute approximate surface area is 110 Å². The fourth-order valence-electron chi connectivity index (χ4n) is 1.67. The van der Waals surface area contributed by atoms with Crippen LogP contribution in [0.4, 0.5) is 0 Å². The van der Waals surface area contributed by atoms with Gasteiger partial charge >= 0.3 is 0 Å². The van der Waals surface area contributed by atoms with Crippen molar-refractivity contribution in [3.05, 3.63) is 51.5 Å². The predicted octanol–water partition coefficient (Wildman–Crippen LogP) is 4.75. The second-order valence-electron chi connectivity index (χ2n) is 3.84. The van der Waals surface area contributed by atoms with Crippen molar-refractivity contribution in [2.45, 2.75) is 6.92 Å². The van der Waals surface area contributed by atoms with Gasteiger partial charge in [-0.15, -0.1) is 0 Å². The molecule has 0 saturated carbocycles. The Bertz CT molecular complexity index is 615. The van der Waals surface area contributed by atoms with E-state index in [-0.39, 0.29) is 0 Å². The van der Waals surface area contributed by atoms with E-state index in [0.29, 0.717) is 15.6 Å². The first-order valence-corrected chi connectivity index (χ1v) is 5.88. The summed E-state index contributed by atoms with van der Waals surface area (Å²) >= 11 is 12.2. The molecule has 0 fully saturated rings. The molecule has 1 nitrogen and oxygen atoms in total. The maximum atomic E-state index is 10.6. The average molecular weight is 265 g/mol. The van der Waals surface area contributed by atoms with Crippen LogP contribution in [-0.4, -0.2) is 6.29 Å². The summed E-state index contributed by atoms with van der Waals surface area (Å²) in [4.78, 5) is 10.6. The Balaban J connectivity index is 2.66. The van der Waals surface area contributed by atoms with Crippen molar-refractivity contribution in [1.82, 2.24) is 0 Å². The highest BCUT2D eigenvalue weighted by Gasteiger charge is 2.04. The average Bonchev–Trinajstić information content (AvgIpc) is 2.32. The standard InChI is InChI=1S/C14H10Cl2O/c1-9(8-17)6-11-3-2-10-7-12(15)4-5-13(10)14(11)16/h2-8H,1H3/b9-6+. The third-order valence-electron chi connectivity index (χ3n) is 2.52. The fourth-order valence-corrected chi connectivity index (χ4v) is 2.14. The highest BCUT2D eigenvalue weighted by atomic mass is 35.5. The zero-order valence-corrected chi connectivity index (χ0v) is 10.7. The molecule has 0 aliphatic heterocycles. The Morgan fingerprint density at radius 2 is 1.94 bits per heavy atom. The summed E-state index contributed by atoms with van der Waals surface area (Å²) in [5, 5.41) is 3.24. The highest BCUT2D eigenvalue weighted by Crippen LogP contribution is 2.30. The lowest BCUT2D eigenvalue weighted by Gasteiger charge is -2.05. The van der Waals surface area contributed by atoms with Crippen molar-refractivity contribution >= 4 is 46.3 Å². The maximum Gasteiger partial charge on any atom is 0.145 e. The van der Waals surface area contributed by atoms with Crippen molar-refractivity contribution in [3.8, 4) is 0 Å². The van der Waals surface area contributed by atoms with Gasteiger partial charge in [-0.3, -0.25) is 4.79 Å². The van der Waals surface area contributed by atoms with Gasteiger partial charge in [0.1, 0.15) is 6.29 Å². The molecule has 0 aliphatic carbocycles. The van der Waals surface area contributed by atoms with Crippen LogP contribution in [0.5, 0.6) is 0 Å². The summed E-state index contributed by atoms with van der Waals surface area (Å²) in [5.74, 6) is 0. The molecule has 0 N–H and O–H groups in total. The Hall–Kier alpha value is -1.31. The van der Waals surface area contributed by atoms with E-state index in [9.17, 15) is 4.79 Å².